The first-order chi connectivity index (χ1) is 11.5. The fraction of sp³-hybridized carbons (Fsp3) is 0.312. The summed E-state index contributed by atoms with van der Waals surface area (Å²) in [5, 5.41) is 2.81. The van der Waals surface area contributed by atoms with Crippen LogP contribution in [0.15, 0.2) is 30.3 Å². The van der Waals surface area contributed by atoms with Crippen molar-refractivity contribution in [2.24, 2.45) is 0 Å². The Morgan fingerprint density at radius 3 is 2.58 bits per heavy atom. The van der Waals surface area contributed by atoms with Crippen molar-refractivity contribution < 1.29 is 14.3 Å². The first-order valence-electron chi connectivity index (χ1n) is 7.36. The maximum Gasteiger partial charge on any atom is 0.360 e. The highest BCUT2D eigenvalue weighted by molar-refractivity contribution is 7.11. The molecule has 1 aromatic carbocycles. The highest BCUT2D eigenvalue weighted by Gasteiger charge is 2.25. The Balaban J connectivity index is 1.87. The number of amides is 1. The summed E-state index contributed by atoms with van der Waals surface area (Å²) < 4.78 is 9.24. The van der Waals surface area contributed by atoms with Crippen LogP contribution in [-0.2, 0) is 16.0 Å². The van der Waals surface area contributed by atoms with Gasteiger partial charge in [0.1, 0.15) is 9.36 Å². The molecule has 128 valence electrons. The predicted molar refractivity (Wildman–Crippen MR) is 94.8 cm³/mol. The fourth-order valence-electron chi connectivity index (χ4n) is 1.98. The van der Waals surface area contributed by atoms with E-state index >= 15 is 0 Å². The lowest BCUT2D eigenvalue weighted by Crippen LogP contribution is -2.38. The number of ether oxygens (including phenoxy) is 1. The third-order valence-electron chi connectivity index (χ3n) is 3.26. The van der Waals surface area contributed by atoms with E-state index in [1.54, 1.807) is 6.92 Å². The second-order valence-corrected chi connectivity index (χ2v) is 6.70. The molecule has 0 spiro atoms. The van der Waals surface area contributed by atoms with Crippen molar-refractivity contribution >= 4 is 46.6 Å². The van der Waals surface area contributed by atoms with Gasteiger partial charge >= 0.3 is 5.97 Å². The van der Waals surface area contributed by atoms with E-state index in [2.05, 4.69) is 9.69 Å². The maximum absolute atomic E-state index is 12.2. The number of rotatable bonds is 7. The van der Waals surface area contributed by atoms with Gasteiger partial charge in [0.25, 0.3) is 5.91 Å². The lowest BCUT2D eigenvalue weighted by molar-refractivity contribution is -0.130. The quantitative estimate of drug-likeness (QED) is 0.735. The van der Waals surface area contributed by atoms with Gasteiger partial charge in [-0.05, 0) is 29.9 Å². The van der Waals surface area contributed by atoms with E-state index in [0.29, 0.717) is 19.4 Å². The van der Waals surface area contributed by atoms with Crippen LogP contribution < -0.4 is 5.32 Å². The van der Waals surface area contributed by atoms with E-state index in [4.69, 9.17) is 27.9 Å². The Morgan fingerprint density at radius 1 is 1.29 bits per heavy atom. The van der Waals surface area contributed by atoms with E-state index in [-0.39, 0.29) is 21.0 Å². The number of carbonyl (C=O) groups is 2. The lowest BCUT2D eigenvalue weighted by atomic mass is 10.1. The van der Waals surface area contributed by atoms with Gasteiger partial charge in [0, 0.05) is 6.54 Å². The fourth-order valence-corrected chi connectivity index (χ4v) is 2.96. The van der Waals surface area contributed by atoms with Gasteiger partial charge in [-0.2, -0.15) is 4.37 Å². The van der Waals surface area contributed by atoms with Crippen molar-refractivity contribution in [3.8, 4) is 0 Å². The standard InChI is InChI=1S/C16H16Cl2N2O3S/c1-2-11(23-16(22)13-12(17)14(18)24-20-13)15(21)19-9-8-10-6-4-3-5-7-10/h3-7,11H,2,8-9H2,1H3,(H,19,21)/t11-/m0/s1. The van der Waals surface area contributed by atoms with Crippen molar-refractivity contribution in [3.05, 3.63) is 50.9 Å². The third-order valence-corrected chi connectivity index (χ3v) is 4.87. The van der Waals surface area contributed by atoms with Crippen molar-refractivity contribution in [3.63, 3.8) is 0 Å². The molecular weight excluding hydrogens is 371 g/mol. The molecule has 1 heterocycles. The van der Waals surface area contributed by atoms with Gasteiger partial charge in [0.15, 0.2) is 11.8 Å². The van der Waals surface area contributed by atoms with E-state index in [0.717, 1.165) is 17.1 Å². The highest BCUT2D eigenvalue weighted by atomic mass is 35.5. The number of nitrogens with one attached hydrogen (secondary N) is 1. The van der Waals surface area contributed by atoms with Crippen LogP contribution in [0.5, 0.6) is 0 Å². The van der Waals surface area contributed by atoms with Crippen LogP contribution in [0.1, 0.15) is 29.4 Å². The molecule has 2 rings (SSSR count). The number of carbonyl (C=O) groups excluding carboxylic acids is 2. The molecule has 0 saturated carbocycles. The van der Waals surface area contributed by atoms with Gasteiger partial charge in [-0.15, -0.1) is 0 Å². The monoisotopic (exact) mass is 386 g/mol. The highest BCUT2D eigenvalue weighted by Crippen LogP contribution is 2.30. The SMILES string of the molecule is CC[C@H](OC(=O)c1nsc(Cl)c1Cl)C(=O)NCCc1ccccc1. The van der Waals surface area contributed by atoms with Crippen molar-refractivity contribution in [2.45, 2.75) is 25.9 Å². The number of halogens is 2. The van der Waals surface area contributed by atoms with Crippen LogP contribution >= 0.6 is 34.7 Å². The van der Waals surface area contributed by atoms with Crippen LogP contribution in [0.4, 0.5) is 0 Å². The van der Waals surface area contributed by atoms with Crippen LogP contribution in [0, 0.1) is 0 Å². The number of hydrogen-bond donors (Lipinski definition) is 1. The molecule has 1 atom stereocenters. The van der Waals surface area contributed by atoms with E-state index < -0.39 is 12.1 Å². The van der Waals surface area contributed by atoms with E-state index in [1.165, 1.54) is 0 Å². The summed E-state index contributed by atoms with van der Waals surface area (Å²) in [7, 11) is 0. The molecule has 24 heavy (non-hydrogen) atoms. The molecule has 1 aromatic heterocycles. The summed E-state index contributed by atoms with van der Waals surface area (Å²) >= 11 is 12.5. The molecule has 1 N–H and O–H groups in total. The molecule has 0 aliphatic rings. The Bertz CT molecular complexity index is 707. The van der Waals surface area contributed by atoms with Crippen LogP contribution in [0.3, 0.4) is 0 Å². The first-order valence-corrected chi connectivity index (χ1v) is 8.89. The largest absolute Gasteiger partial charge is 0.447 e. The lowest BCUT2D eigenvalue weighted by Gasteiger charge is -2.15. The van der Waals surface area contributed by atoms with E-state index in [9.17, 15) is 9.59 Å². The summed E-state index contributed by atoms with van der Waals surface area (Å²) in [6, 6.07) is 9.78. The third kappa shape index (κ3) is 4.93. The molecule has 0 fully saturated rings. The van der Waals surface area contributed by atoms with Gasteiger partial charge in [-0.25, -0.2) is 4.79 Å². The smallest absolute Gasteiger partial charge is 0.360 e. The molecule has 8 heteroatoms. The molecule has 0 unspecified atom stereocenters. The molecule has 0 radical (unpaired) electrons. The number of hydrogen-bond acceptors (Lipinski definition) is 5. The number of benzene rings is 1. The Hall–Kier alpha value is -1.63. The van der Waals surface area contributed by atoms with Crippen molar-refractivity contribution in [1.82, 2.24) is 9.69 Å². The molecule has 0 bridgehead atoms. The maximum atomic E-state index is 12.2. The van der Waals surface area contributed by atoms with Gasteiger partial charge < -0.3 is 10.1 Å². The van der Waals surface area contributed by atoms with Gasteiger partial charge in [-0.3, -0.25) is 4.79 Å². The Kier molecular flexibility index (Phi) is 7.02. The van der Waals surface area contributed by atoms with Crippen LogP contribution in [0.2, 0.25) is 9.36 Å². The molecule has 1 amide bonds. The summed E-state index contributed by atoms with van der Waals surface area (Å²) in [4.78, 5) is 24.2. The summed E-state index contributed by atoms with van der Waals surface area (Å²) in [5.41, 5.74) is 1.05. The van der Waals surface area contributed by atoms with Crippen LogP contribution in [0.25, 0.3) is 0 Å². The predicted octanol–water partition coefficient (Wildman–Crippen LogP) is 3.74. The molecular formula is C16H16Cl2N2O3S. The summed E-state index contributed by atoms with van der Waals surface area (Å²) in [5.74, 6) is -1.10. The molecule has 5 nitrogen and oxygen atoms in total. The first kappa shape index (κ1) is 18.7. The van der Waals surface area contributed by atoms with Gasteiger partial charge in [-0.1, -0.05) is 60.5 Å². The number of esters is 1. The zero-order valence-electron chi connectivity index (χ0n) is 12.9. The second-order valence-electron chi connectivity index (χ2n) is 4.95. The Morgan fingerprint density at radius 2 is 2.00 bits per heavy atom. The van der Waals surface area contributed by atoms with Gasteiger partial charge in [0.2, 0.25) is 0 Å². The Labute approximate surface area is 154 Å². The minimum absolute atomic E-state index is 0.0472. The normalized spacial score (nSPS) is 11.8. The molecule has 0 aliphatic carbocycles. The average Bonchev–Trinajstić information content (AvgIpc) is 2.92. The van der Waals surface area contributed by atoms with Crippen molar-refractivity contribution in [2.75, 3.05) is 6.54 Å². The van der Waals surface area contributed by atoms with E-state index in [1.807, 2.05) is 30.3 Å². The van der Waals surface area contributed by atoms with Crippen molar-refractivity contribution in [1.29, 1.82) is 0 Å². The zero-order valence-corrected chi connectivity index (χ0v) is 15.2. The molecule has 0 saturated heterocycles. The number of nitrogens with zero attached hydrogens (tertiary/aromatic N) is 1. The van der Waals surface area contributed by atoms with Gasteiger partial charge in [0.05, 0.1) is 0 Å². The average molecular weight is 387 g/mol. The second kappa shape index (κ2) is 9.01. The number of aromatic nitrogens is 1. The summed E-state index contributed by atoms with van der Waals surface area (Å²) in [6.45, 7) is 2.21. The minimum atomic E-state index is -0.898. The minimum Gasteiger partial charge on any atom is -0.447 e. The van der Waals surface area contributed by atoms with Crippen LogP contribution in [-0.4, -0.2) is 28.9 Å². The summed E-state index contributed by atoms with van der Waals surface area (Å²) in [6.07, 6.45) is 0.146. The molecule has 2 aromatic rings. The topological polar surface area (TPSA) is 68.3 Å². The molecule has 0 aliphatic heterocycles. The zero-order chi connectivity index (χ0) is 17.5.